The maximum absolute atomic E-state index is 11.7. The van der Waals surface area contributed by atoms with E-state index in [1.165, 1.54) is 0 Å². The quantitative estimate of drug-likeness (QED) is 0.793. The molecule has 7 heteroatoms. The molecule has 2 amide bonds. The van der Waals surface area contributed by atoms with Crippen molar-refractivity contribution in [3.8, 4) is 0 Å². The van der Waals surface area contributed by atoms with Crippen molar-refractivity contribution in [2.75, 3.05) is 37.6 Å². The molecule has 1 aromatic rings. The van der Waals surface area contributed by atoms with Gasteiger partial charge >= 0.3 is 0 Å². The van der Waals surface area contributed by atoms with Gasteiger partial charge in [-0.25, -0.2) is 0 Å². The Bertz CT molecular complexity index is 521. The largest absolute Gasteiger partial charge is 0.352 e. The van der Waals surface area contributed by atoms with Gasteiger partial charge in [-0.15, -0.1) is 16.8 Å². The van der Waals surface area contributed by atoms with Crippen LogP contribution in [-0.4, -0.2) is 59.6 Å². The molecule has 0 saturated carbocycles. The summed E-state index contributed by atoms with van der Waals surface area (Å²) >= 11 is 0. The van der Waals surface area contributed by atoms with Gasteiger partial charge in [0.1, 0.15) is 0 Å². The van der Waals surface area contributed by atoms with Crippen molar-refractivity contribution < 1.29 is 9.59 Å². The zero-order chi connectivity index (χ0) is 15.2. The first-order valence-corrected chi connectivity index (χ1v) is 6.85. The van der Waals surface area contributed by atoms with Gasteiger partial charge < -0.3 is 15.1 Å². The van der Waals surface area contributed by atoms with Crippen molar-refractivity contribution in [3.05, 3.63) is 30.5 Å². The predicted molar refractivity (Wildman–Crippen MR) is 79.0 cm³/mol. The molecular weight excluding hydrogens is 270 g/mol. The molecule has 1 fully saturated rings. The van der Waals surface area contributed by atoms with E-state index in [0.29, 0.717) is 19.6 Å². The maximum atomic E-state index is 11.7. The van der Waals surface area contributed by atoms with Crippen LogP contribution in [0.1, 0.15) is 17.4 Å². The van der Waals surface area contributed by atoms with E-state index in [9.17, 15) is 9.59 Å². The molecule has 2 heterocycles. The summed E-state index contributed by atoms with van der Waals surface area (Å²) in [7, 11) is 0. The summed E-state index contributed by atoms with van der Waals surface area (Å²) in [6, 6.07) is 3.43. The minimum absolute atomic E-state index is 0.0926. The molecule has 1 aliphatic rings. The number of carbonyl (C=O) groups excluding carboxylic acids is 2. The standard InChI is InChI=1S/C14H19N5O2/c1-3-6-15-14(21)12-4-5-13(17-16-12)19-9-7-18(8-10-19)11(2)20/h3-5H,1,6-10H2,2H3,(H,15,21). The zero-order valence-electron chi connectivity index (χ0n) is 12.1. The summed E-state index contributed by atoms with van der Waals surface area (Å²) in [4.78, 5) is 26.8. The van der Waals surface area contributed by atoms with Gasteiger partial charge in [0.05, 0.1) is 0 Å². The summed E-state index contributed by atoms with van der Waals surface area (Å²) < 4.78 is 0. The molecule has 2 rings (SSSR count). The minimum Gasteiger partial charge on any atom is -0.352 e. The van der Waals surface area contributed by atoms with Crippen LogP contribution in [0.5, 0.6) is 0 Å². The van der Waals surface area contributed by atoms with Crippen molar-refractivity contribution in [3.63, 3.8) is 0 Å². The Kier molecular flexibility index (Phi) is 4.86. The summed E-state index contributed by atoms with van der Waals surface area (Å²) in [6.45, 7) is 8.30. The van der Waals surface area contributed by atoms with E-state index < -0.39 is 0 Å². The highest BCUT2D eigenvalue weighted by Gasteiger charge is 2.20. The fourth-order valence-corrected chi connectivity index (χ4v) is 2.12. The Balaban J connectivity index is 1.95. The zero-order valence-corrected chi connectivity index (χ0v) is 12.1. The third-order valence-corrected chi connectivity index (χ3v) is 3.34. The second kappa shape index (κ2) is 6.83. The number of nitrogens with one attached hydrogen (secondary N) is 1. The van der Waals surface area contributed by atoms with E-state index in [1.54, 1.807) is 30.0 Å². The van der Waals surface area contributed by atoms with Crippen LogP contribution in [0, 0.1) is 0 Å². The average Bonchev–Trinajstić information content (AvgIpc) is 2.53. The normalized spacial score (nSPS) is 14.7. The van der Waals surface area contributed by atoms with Crippen LogP contribution in [0.25, 0.3) is 0 Å². The minimum atomic E-state index is -0.268. The van der Waals surface area contributed by atoms with Crippen LogP contribution >= 0.6 is 0 Å². The smallest absolute Gasteiger partial charge is 0.272 e. The second-order valence-corrected chi connectivity index (χ2v) is 4.77. The first-order chi connectivity index (χ1) is 10.1. The van der Waals surface area contributed by atoms with E-state index in [2.05, 4.69) is 27.0 Å². The highest BCUT2D eigenvalue weighted by atomic mass is 16.2. The van der Waals surface area contributed by atoms with Gasteiger partial charge in [0.15, 0.2) is 11.5 Å². The number of aromatic nitrogens is 2. The number of hydrogen-bond donors (Lipinski definition) is 1. The molecule has 0 unspecified atom stereocenters. The summed E-state index contributed by atoms with van der Waals surface area (Å²) in [5, 5.41) is 10.7. The molecule has 0 aliphatic carbocycles. The maximum Gasteiger partial charge on any atom is 0.272 e. The van der Waals surface area contributed by atoms with Crippen LogP contribution in [0.15, 0.2) is 24.8 Å². The van der Waals surface area contributed by atoms with Crippen molar-refractivity contribution in [1.29, 1.82) is 0 Å². The van der Waals surface area contributed by atoms with E-state index in [4.69, 9.17) is 0 Å². The van der Waals surface area contributed by atoms with Crippen LogP contribution in [0.4, 0.5) is 5.82 Å². The van der Waals surface area contributed by atoms with Gasteiger partial charge in [-0.1, -0.05) is 6.08 Å². The summed E-state index contributed by atoms with van der Waals surface area (Å²) in [5.41, 5.74) is 0.281. The molecule has 21 heavy (non-hydrogen) atoms. The summed E-state index contributed by atoms with van der Waals surface area (Å²) in [5.74, 6) is 0.545. The van der Waals surface area contributed by atoms with Gasteiger partial charge in [0, 0.05) is 39.6 Å². The van der Waals surface area contributed by atoms with Crippen molar-refractivity contribution >= 4 is 17.6 Å². The number of anilines is 1. The first kappa shape index (κ1) is 15.0. The van der Waals surface area contributed by atoms with Crippen molar-refractivity contribution in [2.45, 2.75) is 6.92 Å². The average molecular weight is 289 g/mol. The molecule has 1 aromatic heterocycles. The highest BCUT2D eigenvalue weighted by molar-refractivity contribution is 5.92. The van der Waals surface area contributed by atoms with Gasteiger partial charge in [-0.3, -0.25) is 9.59 Å². The lowest BCUT2D eigenvalue weighted by Crippen LogP contribution is -2.48. The van der Waals surface area contributed by atoms with Crippen molar-refractivity contribution in [1.82, 2.24) is 20.4 Å². The molecule has 1 aliphatic heterocycles. The number of amides is 2. The molecule has 1 saturated heterocycles. The Labute approximate surface area is 123 Å². The van der Waals surface area contributed by atoms with E-state index >= 15 is 0 Å². The van der Waals surface area contributed by atoms with Crippen molar-refractivity contribution in [2.24, 2.45) is 0 Å². The SMILES string of the molecule is C=CCNC(=O)c1ccc(N2CCN(C(C)=O)CC2)nn1. The third kappa shape index (κ3) is 3.77. The Hall–Kier alpha value is -2.44. The Morgan fingerprint density at radius 2 is 2.00 bits per heavy atom. The fraction of sp³-hybridized carbons (Fsp3) is 0.429. The molecule has 112 valence electrons. The van der Waals surface area contributed by atoms with E-state index in [0.717, 1.165) is 18.9 Å². The van der Waals surface area contributed by atoms with E-state index in [-0.39, 0.29) is 17.5 Å². The highest BCUT2D eigenvalue weighted by Crippen LogP contribution is 2.12. The van der Waals surface area contributed by atoms with Gasteiger partial charge in [-0.2, -0.15) is 0 Å². The summed E-state index contributed by atoms with van der Waals surface area (Å²) in [6.07, 6.45) is 1.61. The monoisotopic (exact) mass is 289 g/mol. The fourth-order valence-electron chi connectivity index (χ4n) is 2.12. The van der Waals surface area contributed by atoms with Crippen LogP contribution in [0.2, 0.25) is 0 Å². The molecule has 0 bridgehead atoms. The molecular formula is C14H19N5O2. The first-order valence-electron chi connectivity index (χ1n) is 6.85. The number of carbonyl (C=O) groups is 2. The Morgan fingerprint density at radius 3 is 2.52 bits per heavy atom. The lowest BCUT2D eigenvalue weighted by molar-refractivity contribution is -0.129. The molecule has 7 nitrogen and oxygen atoms in total. The molecule has 0 aromatic carbocycles. The van der Waals surface area contributed by atoms with Gasteiger partial charge in [0.2, 0.25) is 5.91 Å². The number of hydrogen-bond acceptors (Lipinski definition) is 5. The third-order valence-electron chi connectivity index (χ3n) is 3.34. The lowest BCUT2D eigenvalue weighted by atomic mass is 10.3. The lowest BCUT2D eigenvalue weighted by Gasteiger charge is -2.34. The van der Waals surface area contributed by atoms with Crippen LogP contribution < -0.4 is 10.2 Å². The Morgan fingerprint density at radius 1 is 1.29 bits per heavy atom. The molecule has 0 atom stereocenters. The number of piperazine rings is 1. The number of rotatable bonds is 4. The molecule has 0 radical (unpaired) electrons. The number of nitrogens with zero attached hydrogens (tertiary/aromatic N) is 4. The molecule has 0 spiro atoms. The molecule has 1 N–H and O–H groups in total. The van der Waals surface area contributed by atoms with Crippen LogP contribution in [0.3, 0.4) is 0 Å². The van der Waals surface area contributed by atoms with E-state index in [1.807, 2.05) is 0 Å². The van der Waals surface area contributed by atoms with Crippen LogP contribution in [-0.2, 0) is 4.79 Å². The van der Waals surface area contributed by atoms with Gasteiger partial charge in [-0.05, 0) is 12.1 Å². The van der Waals surface area contributed by atoms with Gasteiger partial charge in [0.25, 0.3) is 5.91 Å². The topological polar surface area (TPSA) is 78.4 Å². The predicted octanol–water partition coefficient (Wildman–Crippen LogP) is 0.0609. The second-order valence-electron chi connectivity index (χ2n) is 4.77.